The van der Waals surface area contributed by atoms with Crippen LogP contribution in [0.3, 0.4) is 0 Å². The molecule has 0 radical (unpaired) electrons. The number of nitrogens with one attached hydrogen (secondary N) is 1. The molecule has 3 unspecified atom stereocenters. The van der Waals surface area contributed by atoms with Crippen molar-refractivity contribution in [2.75, 3.05) is 25.2 Å². The summed E-state index contributed by atoms with van der Waals surface area (Å²) in [6.07, 6.45) is 6.02. The van der Waals surface area contributed by atoms with Crippen LogP contribution in [0.15, 0.2) is 43.0 Å². The van der Waals surface area contributed by atoms with E-state index in [1.165, 1.54) is 0 Å². The van der Waals surface area contributed by atoms with Gasteiger partial charge in [-0.3, -0.25) is 4.79 Å². The molecule has 2 rings (SSSR count). The van der Waals surface area contributed by atoms with Gasteiger partial charge in [-0.1, -0.05) is 24.3 Å². The molecule has 3 atom stereocenters. The summed E-state index contributed by atoms with van der Waals surface area (Å²) in [4.78, 5) is 14.9. The number of benzene rings is 1. The summed E-state index contributed by atoms with van der Waals surface area (Å²) in [5, 5.41) is 3.66. The number of methoxy groups -OCH3 is 1. The highest BCUT2D eigenvalue weighted by Crippen LogP contribution is 2.30. The van der Waals surface area contributed by atoms with Gasteiger partial charge in [0.1, 0.15) is 0 Å². The molecule has 1 fully saturated rings. The second kappa shape index (κ2) is 10.6. The monoisotopic (exact) mass is 364 g/mol. The minimum Gasteiger partial charge on any atom is -0.384 e. The van der Waals surface area contributed by atoms with Crippen LogP contribution < -0.4 is 10.2 Å². The van der Waals surface area contributed by atoms with Gasteiger partial charge < -0.3 is 15.0 Å². The minimum atomic E-state index is 0.0791. The van der Waals surface area contributed by atoms with Crippen LogP contribution in [0.2, 0.25) is 0 Å². The van der Waals surface area contributed by atoms with Crippen molar-refractivity contribution in [3.8, 4) is 0 Å². The lowest BCUT2D eigenvalue weighted by molar-refractivity contribution is -0.120. The Morgan fingerprint density at radius 2 is 2.16 bits per heavy atom. The second-order valence-electron chi connectivity index (χ2n) is 6.48. The van der Waals surface area contributed by atoms with Crippen LogP contribution in [-0.2, 0) is 9.53 Å². The number of amides is 1. The van der Waals surface area contributed by atoms with E-state index in [-0.39, 0.29) is 23.4 Å². The molecule has 1 aliphatic carbocycles. The summed E-state index contributed by atoms with van der Waals surface area (Å²) in [6.45, 7) is 4.94. The second-order valence-corrected chi connectivity index (χ2v) is 7.09. The highest BCUT2D eigenvalue weighted by Gasteiger charge is 2.34. The molecule has 5 heteroatoms. The van der Waals surface area contributed by atoms with E-state index in [2.05, 4.69) is 11.9 Å². The average molecular weight is 365 g/mol. The van der Waals surface area contributed by atoms with Crippen LogP contribution in [0.4, 0.5) is 5.69 Å². The third-order valence-electron chi connectivity index (χ3n) is 4.67. The third kappa shape index (κ3) is 5.84. The van der Waals surface area contributed by atoms with E-state index in [9.17, 15) is 4.79 Å². The van der Waals surface area contributed by atoms with Crippen molar-refractivity contribution < 1.29 is 9.53 Å². The van der Waals surface area contributed by atoms with Crippen LogP contribution in [0.1, 0.15) is 32.1 Å². The van der Waals surface area contributed by atoms with Gasteiger partial charge in [0.25, 0.3) is 0 Å². The van der Waals surface area contributed by atoms with Crippen molar-refractivity contribution in [1.82, 2.24) is 5.32 Å². The summed E-state index contributed by atoms with van der Waals surface area (Å²) >= 11 is 6.48. The number of carbonyl (C=O) groups excluding carboxylic acids is 1. The molecular formula is C20H29ClN2O2. The van der Waals surface area contributed by atoms with Gasteiger partial charge in [0.2, 0.25) is 5.91 Å². The molecule has 0 aliphatic heterocycles. The van der Waals surface area contributed by atoms with E-state index in [4.69, 9.17) is 16.3 Å². The van der Waals surface area contributed by atoms with Gasteiger partial charge in [0, 0.05) is 30.8 Å². The Hall–Kier alpha value is -1.36. The van der Waals surface area contributed by atoms with E-state index in [1.54, 1.807) is 7.11 Å². The number of hydrogen-bond donors (Lipinski definition) is 1. The first-order valence-corrected chi connectivity index (χ1v) is 9.45. The molecule has 1 aromatic carbocycles. The zero-order valence-electron chi connectivity index (χ0n) is 15.0. The number of anilines is 1. The van der Waals surface area contributed by atoms with Gasteiger partial charge in [-0.2, -0.15) is 0 Å². The number of para-hydroxylation sites is 1. The topological polar surface area (TPSA) is 41.6 Å². The normalized spacial score (nSPS) is 23.7. The predicted molar refractivity (Wildman–Crippen MR) is 104 cm³/mol. The first kappa shape index (κ1) is 20.0. The fourth-order valence-corrected chi connectivity index (χ4v) is 3.83. The predicted octanol–water partition coefficient (Wildman–Crippen LogP) is 3.75. The van der Waals surface area contributed by atoms with Crippen LogP contribution in [-0.4, -0.2) is 43.6 Å². The molecule has 0 bridgehead atoms. The Kier molecular flexibility index (Phi) is 8.45. The van der Waals surface area contributed by atoms with Crippen molar-refractivity contribution in [2.45, 2.75) is 49.6 Å². The zero-order valence-corrected chi connectivity index (χ0v) is 15.8. The van der Waals surface area contributed by atoms with Gasteiger partial charge in [-0.05, 0) is 37.8 Å². The summed E-state index contributed by atoms with van der Waals surface area (Å²) < 4.78 is 5.12. The molecule has 0 saturated heterocycles. The fourth-order valence-electron chi connectivity index (χ4n) is 3.48. The molecule has 0 spiro atoms. The van der Waals surface area contributed by atoms with Gasteiger partial charge >= 0.3 is 0 Å². The Balaban J connectivity index is 2.30. The number of halogens is 1. The number of nitrogens with zero attached hydrogens (tertiary/aromatic N) is 1. The number of carbonyl (C=O) groups is 1. The molecule has 4 nitrogen and oxygen atoms in total. The van der Waals surface area contributed by atoms with E-state index in [0.29, 0.717) is 19.6 Å². The number of hydrogen-bond acceptors (Lipinski definition) is 3. The van der Waals surface area contributed by atoms with Crippen LogP contribution in [0, 0.1) is 0 Å². The van der Waals surface area contributed by atoms with E-state index in [1.807, 2.05) is 41.3 Å². The van der Waals surface area contributed by atoms with Crippen LogP contribution >= 0.6 is 11.6 Å². The fraction of sp³-hybridized carbons (Fsp3) is 0.550. The largest absolute Gasteiger partial charge is 0.384 e. The summed E-state index contributed by atoms with van der Waals surface area (Å²) in [5.74, 6) is 0.0940. The summed E-state index contributed by atoms with van der Waals surface area (Å²) in [5.41, 5.74) is 0.937. The molecule has 1 saturated carbocycles. The first-order chi connectivity index (χ1) is 12.2. The van der Waals surface area contributed by atoms with Crippen molar-refractivity contribution in [1.29, 1.82) is 0 Å². The van der Waals surface area contributed by atoms with Gasteiger partial charge in [0.15, 0.2) is 0 Å². The SMILES string of the molecule is C=CCNC1CC(Cl)CCCC1N(C(=O)CCOC)c1ccccc1. The molecule has 25 heavy (non-hydrogen) atoms. The molecule has 1 aliphatic rings. The van der Waals surface area contributed by atoms with Gasteiger partial charge in [0.05, 0.1) is 19.1 Å². The van der Waals surface area contributed by atoms with Crippen molar-refractivity contribution >= 4 is 23.2 Å². The van der Waals surface area contributed by atoms with Crippen molar-refractivity contribution in [3.05, 3.63) is 43.0 Å². The van der Waals surface area contributed by atoms with E-state index < -0.39 is 0 Å². The lowest BCUT2D eigenvalue weighted by atomic mass is 9.99. The molecule has 0 aromatic heterocycles. The molecule has 1 amide bonds. The summed E-state index contributed by atoms with van der Waals surface area (Å²) in [7, 11) is 1.62. The van der Waals surface area contributed by atoms with Crippen LogP contribution in [0.5, 0.6) is 0 Å². The molecule has 138 valence electrons. The maximum atomic E-state index is 13.0. The number of rotatable bonds is 8. The third-order valence-corrected chi connectivity index (χ3v) is 5.07. The smallest absolute Gasteiger partial charge is 0.229 e. The zero-order chi connectivity index (χ0) is 18.1. The van der Waals surface area contributed by atoms with Gasteiger partial charge in [-0.25, -0.2) is 0 Å². The first-order valence-electron chi connectivity index (χ1n) is 9.01. The quantitative estimate of drug-likeness (QED) is 0.434. The maximum absolute atomic E-state index is 13.0. The number of alkyl halides is 1. The van der Waals surface area contributed by atoms with Crippen molar-refractivity contribution in [2.24, 2.45) is 0 Å². The maximum Gasteiger partial charge on any atom is 0.229 e. The Morgan fingerprint density at radius 1 is 1.40 bits per heavy atom. The molecular weight excluding hydrogens is 336 g/mol. The van der Waals surface area contributed by atoms with Crippen molar-refractivity contribution in [3.63, 3.8) is 0 Å². The summed E-state index contributed by atoms with van der Waals surface area (Å²) in [6, 6.07) is 10.1. The Morgan fingerprint density at radius 3 is 2.84 bits per heavy atom. The molecule has 0 heterocycles. The van der Waals surface area contributed by atoms with Crippen LogP contribution in [0.25, 0.3) is 0 Å². The Bertz CT molecular complexity index is 538. The molecule has 1 aromatic rings. The highest BCUT2D eigenvalue weighted by atomic mass is 35.5. The van der Waals surface area contributed by atoms with Gasteiger partial charge in [-0.15, -0.1) is 18.2 Å². The lowest BCUT2D eigenvalue weighted by Gasteiger charge is -2.37. The standard InChI is InChI=1S/C20H29ClN2O2/c1-3-13-22-18-15-16(21)8-7-11-19(18)23(20(24)12-14-25-2)17-9-5-4-6-10-17/h3-6,9-10,16,18-19,22H,1,7-8,11-15H2,2H3. The average Bonchev–Trinajstić information content (AvgIpc) is 2.81. The molecule has 1 N–H and O–H groups in total. The minimum absolute atomic E-state index is 0.0791. The highest BCUT2D eigenvalue weighted by molar-refractivity contribution is 6.20. The lowest BCUT2D eigenvalue weighted by Crippen LogP contribution is -2.53. The van der Waals surface area contributed by atoms with E-state index >= 15 is 0 Å². The number of ether oxygens (including phenoxy) is 1. The Labute approximate surface area is 156 Å². The van der Waals surface area contributed by atoms with E-state index in [0.717, 1.165) is 31.4 Å².